The number of amides is 1. The topological polar surface area (TPSA) is 70.6 Å². The number of hydrogen-bond acceptors (Lipinski definition) is 4. The molecular weight excluding hydrogens is 422 g/mol. The Morgan fingerprint density at radius 3 is 2.37 bits per heavy atom. The van der Waals surface area contributed by atoms with Gasteiger partial charge in [0.15, 0.2) is 0 Å². The summed E-state index contributed by atoms with van der Waals surface area (Å²) >= 11 is 5.79. The lowest BCUT2D eigenvalue weighted by molar-refractivity contribution is 0.0784. The third kappa shape index (κ3) is 4.80. The smallest absolute Gasteiger partial charge is 0.264 e. The van der Waals surface area contributed by atoms with Gasteiger partial charge in [0, 0.05) is 32.4 Å². The molecule has 0 aliphatic heterocycles. The normalized spacial score (nSPS) is 11.2. The molecule has 0 unspecified atom stereocenters. The van der Waals surface area contributed by atoms with Gasteiger partial charge in [0.1, 0.15) is 5.15 Å². The van der Waals surface area contributed by atoms with Crippen molar-refractivity contribution in [3.8, 4) is 0 Å². The van der Waals surface area contributed by atoms with Crippen LogP contribution in [-0.2, 0) is 16.6 Å². The van der Waals surface area contributed by atoms with Crippen molar-refractivity contribution >= 4 is 33.2 Å². The van der Waals surface area contributed by atoms with Gasteiger partial charge in [-0.2, -0.15) is 0 Å². The summed E-state index contributed by atoms with van der Waals surface area (Å²) in [6, 6.07) is 16.7. The number of nitrogens with zero attached hydrogens (tertiary/aromatic N) is 3. The molecule has 0 N–H and O–H groups in total. The number of carbonyl (C=O) groups is 1. The number of carbonyl (C=O) groups excluding carboxylic acids is 1. The highest BCUT2D eigenvalue weighted by atomic mass is 35.5. The SMILES string of the molecule is Cc1ccc(N(C)S(=O)(=O)c2cccc(C(=O)N(C)Cc3ccc(Cl)nc3)c2)cc1. The van der Waals surface area contributed by atoms with E-state index in [0.29, 0.717) is 17.4 Å². The van der Waals surface area contributed by atoms with Gasteiger partial charge in [-0.25, -0.2) is 13.4 Å². The molecule has 0 spiro atoms. The highest BCUT2D eigenvalue weighted by Crippen LogP contribution is 2.23. The fourth-order valence-corrected chi connectivity index (χ4v) is 4.26. The highest BCUT2D eigenvalue weighted by Gasteiger charge is 2.23. The Bertz CT molecular complexity index is 1150. The Balaban J connectivity index is 1.82. The predicted molar refractivity (Wildman–Crippen MR) is 118 cm³/mol. The molecule has 2 aromatic carbocycles. The molecule has 0 saturated carbocycles. The Labute approximate surface area is 181 Å². The Morgan fingerprint density at radius 1 is 1.03 bits per heavy atom. The van der Waals surface area contributed by atoms with Crippen LogP contribution in [0.5, 0.6) is 0 Å². The van der Waals surface area contributed by atoms with E-state index in [1.54, 1.807) is 49.6 Å². The van der Waals surface area contributed by atoms with Crippen LogP contribution in [0.4, 0.5) is 5.69 Å². The predicted octanol–water partition coefficient (Wildman–Crippen LogP) is 4.14. The minimum absolute atomic E-state index is 0.0537. The van der Waals surface area contributed by atoms with Crippen LogP contribution in [0.25, 0.3) is 0 Å². The van der Waals surface area contributed by atoms with Crippen LogP contribution in [0.2, 0.25) is 5.15 Å². The first kappa shape index (κ1) is 21.8. The van der Waals surface area contributed by atoms with Gasteiger partial charge in [-0.05, 0) is 48.9 Å². The van der Waals surface area contributed by atoms with Crippen LogP contribution >= 0.6 is 11.6 Å². The molecule has 3 aromatic rings. The van der Waals surface area contributed by atoms with E-state index in [1.807, 2.05) is 19.1 Å². The molecule has 1 heterocycles. The van der Waals surface area contributed by atoms with E-state index in [0.717, 1.165) is 11.1 Å². The number of halogens is 1. The minimum atomic E-state index is -3.81. The summed E-state index contributed by atoms with van der Waals surface area (Å²) in [5.74, 6) is -0.292. The molecule has 0 radical (unpaired) electrons. The Morgan fingerprint density at radius 2 is 1.73 bits per heavy atom. The van der Waals surface area contributed by atoms with Crippen LogP contribution in [0.15, 0.2) is 71.8 Å². The van der Waals surface area contributed by atoms with Gasteiger partial charge in [0.05, 0.1) is 10.6 Å². The quantitative estimate of drug-likeness (QED) is 0.537. The summed E-state index contributed by atoms with van der Waals surface area (Å²) in [6.45, 7) is 2.26. The van der Waals surface area contributed by atoms with E-state index in [2.05, 4.69) is 4.98 Å². The Kier molecular flexibility index (Phi) is 6.43. The second-order valence-electron chi connectivity index (χ2n) is 6.99. The van der Waals surface area contributed by atoms with Crippen LogP contribution < -0.4 is 4.31 Å². The van der Waals surface area contributed by atoms with Gasteiger partial charge in [-0.3, -0.25) is 9.10 Å². The molecule has 1 aromatic heterocycles. The molecular formula is C22H22ClN3O3S. The van der Waals surface area contributed by atoms with Crippen molar-refractivity contribution in [1.29, 1.82) is 0 Å². The largest absolute Gasteiger partial charge is 0.337 e. The molecule has 30 heavy (non-hydrogen) atoms. The van der Waals surface area contributed by atoms with E-state index in [4.69, 9.17) is 11.6 Å². The van der Waals surface area contributed by atoms with Crippen LogP contribution in [0, 0.1) is 6.92 Å². The molecule has 0 aliphatic rings. The zero-order valence-electron chi connectivity index (χ0n) is 16.9. The summed E-state index contributed by atoms with van der Waals surface area (Å²) < 4.78 is 27.3. The molecule has 0 bridgehead atoms. The van der Waals surface area contributed by atoms with Crippen molar-refractivity contribution in [2.45, 2.75) is 18.4 Å². The monoisotopic (exact) mass is 443 g/mol. The highest BCUT2D eigenvalue weighted by molar-refractivity contribution is 7.92. The maximum atomic E-state index is 13.1. The molecule has 156 valence electrons. The number of pyridine rings is 1. The number of sulfonamides is 1. The maximum Gasteiger partial charge on any atom is 0.264 e. The molecule has 0 atom stereocenters. The Hall–Kier alpha value is -2.90. The molecule has 0 saturated heterocycles. The molecule has 3 rings (SSSR count). The van der Waals surface area contributed by atoms with E-state index < -0.39 is 10.0 Å². The fourth-order valence-electron chi connectivity index (χ4n) is 2.91. The van der Waals surface area contributed by atoms with Gasteiger partial charge in [-0.15, -0.1) is 0 Å². The van der Waals surface area contributed by atoms with E-state index in [-0.39, 0.29) is 16.4 Å². The van der Waals surface area contributed by atoms with Gasteiger partial charge in [0.25, 0.3) is 15.9 Å². The second kappa shape index (κ2) is 8.85. The van der Waals surface area contributed by atoms with Crippen LogP contribution in [0.3, 0.4) is 0 Å². The standard InChI is InChI=1S/C22H22ClN3O3S/c1-16-7-10-19(11-8-16)26(3)30(28,29)20-6-4-5-18(13-20)22(27)25(2)15-17-9-12-21(23)24-14-17/h4-14H,15H2,1-3H3. The number of rotatable bonds is 6. The number of benzene rings is 2. The molecule has 0 aliphatic carbocycles. The number of hydrogen-bond donors (Lipinski definition) is 0. The third-order valence-electron chi connectivity index (χ3n) is 4.69. The third-order valence-corrected chi connectivity index (χ3v) is 6.70. The van der Waals surface area contributed by atoms with Crippen molar-refractivity contribution < 1.29 is 13.2 Å². The first-order valence-corrected chi connectivity index (χ1v) is 11.0. The molecule has 6 nitrogen and oxygen atoms in total. The van der Waals surface area contributed by atoms with E-state index >= 15 is 0 Å². The van der Waals surface area contributed by atoms with Gasteiger partial charge in [0.2, 0.25) is 0 Å². The van der Waals surface area contributed by atoms with Crippen molar-refractivity contribution in [2.75, 3.05) is 18.4 Å². The van der Waals surface area contributed by atoms with E-state index in [1.165, 1.54) is 28.4 Å². The summed E-state index contributed by atoms with van der Waals surface area (Å²) in [5.41, 5.74) is 2.69. The minimum Gasteiger partial charge on any atom is -0.337 e. The van der Waals surface area contributed by atoms with Crippen molar-refractivity contribution in [3.63, 3.8) is 0 Å². The molecule has 8 heteroatoms. The zero-order chi connectivity index (χ0) is 21.9. The van der Waals surface area contributed by atoms with Gasteiger partial charge >= 0.3 is 0 Å². The second-order valence-corrected chi connectivity index (χ2v) is 9.34. The van der Waals surface area contributed by atoms with Gasteiger partial charge in [-0.1, -0.05) is 41.4 Å². The fraction of sp³-hybridized carbons (Fsp3) is 0.182. The lowest BCUT2D eigenvalue weighted by atomic mass is 10.2. The average molecular weight is 444 g/mol. The summed E-state index contributed by atoms with van der Waals surface area (Å²) in [7, 11) is -0.669. The average Bonchev–Trinajstić information content (AvgIpc) is 2.75. The zero-order valence-corrected chi connectivity index (χ0v) is 18.5. The van der Waals surface area contributed by atoms with Crippen molar-refractivity contribution in [3.05, 3.63) is 88.7 Å². The van der Waals surface area contributed by atoms with Crippen LogP contribution in [-0.4, -0.2) is 38.3 Å². The van der Waals surface area contributed by atoms with Crippen LogP contribution in [0.1, 0.15) is 21.5 Å². The van der Waals surface area contributed by atoms with Crippen molar-refractivity contribution in [1.82, 2.24) is 9.88 Å². The first-order valence-electron chi connectivity index (χ1n) is 9.20. The number of aryl methyl sites for hydroxylation is 1. The van der Waals surface area contributed by atoms with E-state index in [9.17, 15) is 13.2 Å². The number of anilines is 1. The summed E-state index contributed by atoms with van der Waals surface area (Å²) in [4.78, 5) is 18.4. The first-order chi connectivity index (χ1) is 14.2. The van der Waals surface area contributed by atoms with Gasteiger partial charge < -0.3 is 4.90 Å². The summed E-state index contributed by atoms with van der Waals surface area (Å²) in [6.07, 6.45) is 1.60. The molecule has 1 amide bonds. The number of aromatic nitrogens is 1. The lowest BCUT2D eigenvalue weighted by Crippen LogP contribution is -2.28. The maximum absolute atomic E-state index is 13.1. The lowest BCUT2D eigenvalue weighted by Gasteiger charge is -2.21. The molecule has 0 fully saturated rings. The summed E-state index contributed by atoms with van der Waals surface area (Å²) in [5, 5.41) is 0.378. The van der Waals surface area contributed by atoms with Crippen molar-refractivity contribution in [2.24, 2.45) is 0 Å².